The van der Waals surface area contributed by atoms with E-state index in [9.17, 15) is 0 Å². The average molecular weight is 466 g/mol. The minimum Gasteiger partial charge on any atom is -0.497 e. The average Bonchev–Trinajstić information content (AvgIpc) is 3.14. The molecule has 0 spiro atoms. The Morgan fingerprint density at radius 2 is 1.72 bits per heavy atom. The molecule has 4 aromatic rings. The van der Waals surface area contributed by atoms with Crippen LogP contribution in [0.4, 0.5) is 11.5 Å². The van der Waals surface area contributed by atoms with Crippen molar-refractivity contribution in [2.24, 2.45) is 0 Å². The first-order chi connectivity index (χ1) is 14.2. The second kappa shape index (κ2) is 7.76. The van der Waals surface area contributed by atoms with Crippen LogP contribution >= 0.6 is 27.3 Å². The third kappa shape index (κ3) is 3.63. The van der Waals surface area contributed by atoms with Gasteiger partial charge in [-0.2, -0.15) is 0 Å². The number of methoxy groups -OCH3 is 1. The highest BCUT2D eigenvalue weighted by Crippen LogP contribution is 2.40. The molecule has 146 valence electrons. The van der Waals surface area contributed by atoms with Gasteiger partial charge < -0.3 is 10.1 Å². The number of ether oxygens (including phenoxy) is 1. The fraction of sp³-hybridized carbons (Fsp3) is 0.217. The van der Waals surface area contributed by atoms with Gasteiger partial charge in [0.1, 0.15) is 16.4 Å². The Kier molecular flexibility index (Phi) is 4.97. The van der Waals surface area contributed by atoms with Gasteiger partial charge in [0.25, 0.3) is 0 Å². The number of nitrogens with zero attached hydrogens (tertiary/aromatic N) is 2. The zero-order valence-corrected chi connectivity index (χ0v) is 18.4. The van der Waals surface area contributed by atoms with Crippen LogP contribution in [0.1, 0.15) is 23.3 Å². The highest BCUT2D eigenvalue weighted by molar-refractivity contribution is 9.10. The maximum Gasteiger partial charge on any atom is 0.163 e. The number of hydrogen-bond donors (Lipinski definition) is 1. The zero-order chi connectivity index (χ0) is 19.8. The first-order valence-electron chi connectivity index (χ1n) is 9.70. The second-order valence-corrected chi connectivity index (χ2v) is 9.15. The second-order valence-electron chi connectivity index (χ2n) is 7.15. The van der Waals surface area contributed by atoms with Crippen LogP contribution in [-0.2, 0) is 12.8 Å². The molecule has 0 atom stereocenters. The summed E-state index contributed by atoms with van der Waals surface area (Å²) in [5.74, 6) is 2.45. The molecule has 0 saturated carbocycles. The van der Waals surface area contributed by atoms with Crippen LogP contribution in [0.3, 0.4) is 0 Å². The highest BCUT2D eigenvalue weighted by Gasteiger charge is 2.21. The van der Waals surface area contributed by atoms with Crippen molar-refractivity contribution in [3.8, 4) is 17.1 Å². The van der Waals surface area contributed by atoms with Gasteiger partial charge in [0.05, 0.1) is 12.5 Å². The standard InChI is InChI=1S/C23H20BrN3OS/c1-28-17-12-6-14(7-13-17)21-26-22(25-16-10-8-15(24)9-11-16)20-18-4-2-3-5-19(18)29-23(20)27-21/h6-13H,2-5H2,1H3,(H,25,26,27). The van der Waals surface area contributed by atoms with E-state index in [1.54, 1.807) is 7.11 Å². The summed E-state index contributed by atoms with van der Waals surface area (Å²) in [5, 5.41) is 4.74. The first kappa shape index (κ1) is 18.6. The minimum absolute atomic E-state index is 0.735. The van der Waals surface area contributed by atoms with E-state index in [0.717, 1.165) is 50.8 Å². The van der Waals surface area contributed by atoms with Crippen molar-refractivity contribution in [3.63, 3.8) is 0 Å². The summed E-state index contributed by atoms with van der Waals surface area (Å²) in [6.07, 6.45) is 4.74. The fourth-order valence-corrected chi connectivity index (χ4v) is 5.31. The van der Waals surface area contributed by atoms with Crippen molar-refractivity contribution in [2.45, 2.75) is 25.7 Å². The molecule has 0 fully saturated rings. The Balaban J connectivity index is 1.66. The molecular weight excluding hydrogens is 446 g/mol. The van der Waals surface area contributed by atoms with Crippen molar-refractivity contribution in [1.29, 1.82) is 0 Å². The number of aryl methyl sites for hydroxylation is 2. The first-order valence-corrected chi connectivity index (χ1v) is 11.3. The topological polar surface area (TPSA) is 47.0 Å². The van der Waals surface area contributed by atoms with Gasteiger partial charge in [-0.15, -0.1) is 11.3 Å². The number of benzene rings is 2. The highest BCUT2D eigenvalue weighted by atomic mass is 79.9. The largest absolute Gasteiger partial charge is 0.497 e. The molecule has 0 bridgehead atoms. The maximum absolute atomic E-state index is 5.29. The molecule has 1 N–H and O–H groups in total. The predicted molar refractivity (Wildman–Crippen MR) is 123 cm³/mol. The van der Waals surface area contributed by atoms with E-state index in [2.05, 4.69) is 33.4 Å². The van der Waals surface area contributed by atoms with Gasteiger partial charge in [0, 0.05) is 20.6 Å². The van der Waals surface area contributed by atoms with E-state index in [1.165, 1.54) is 28.7 Å². The van der Waals surface area contributed by atoms with E-state index >= 15 is 0 Å². The number of halogens is 1. The lowest BCUT2D eigenvalue weighted by Gasteiger charge is -2.13. The van der Waals surface area contributed by atoms with Gasteiger partial charge in [0.15, 0.2) is 5.82 Å². The number of aromatic nitrogens is 2. The lowest BCUT2D eigenvalue weighted by Crippen LogP contribution is -2.02. The molecular formula is C23H20BrN3OS. The van der Waals surface area contributed by atoms with Crippen LogP contribution in [0.15, 0.2) is 53.0 Å². The normalized spacial score (nSPS) is 13.3. The van der Waals surface area contributed by atoms with Crippen LogP contribution in [-0.4, -0.2) is 17.1 Å². The Labute approximate surface area is 182 Å². The molecule has 0 radical (unpaired) electrons. The number of anilines is 2. The molecule has 0 aliphatic heterocycles. The molecule has 29 heavy (non-hydrogen) atoms. The van der Waals surface area contributed by atoms with Gasteiger partial charge in [-0.3, -0.25) is 0 Å². The summed E-state index contributed by atoms with van der Waals surface area (Å²) >= 11 is 5.33. The summed E-state index contributed by atoms with van der Waals surface area (Å²) < 4.78 is 6.35. The van der Waals surface area contributed by atoms with Crippen LogP contribution in [0.2, 0.25) is 0 Å². The molecule has 0 saturated heterocycles. The van der Waals surface area contributed by atoms with Crippen molar-refractivity contribution in [1.82, 2.24) is 9.97 Å². The zero-order valence-electron chi connectivity index (χ0n) is 16.0. The molecule has 0 amide bonds. The number of hydrogen-bond acceptors (Lipinski definition) is 5. The molecule has 4 nitrogen and oxygen atoms in total. The molecule has 6 heteroatoms. The maximum atomic E-state index is 5.29. The number of rotatable bonds is 4. The van der Waals surface area contributed by atoms with E-state index in [-0.39, 0.29) is 0 Å². The van der Waals surface area contributed by atoms with E-state index < -0.39 is 0 Å². The van der Waals surface area contributed by atoms with Gasteiger partial charge in [0.2, 0.25) is 0 Å². The lowest BCUT2D eigenvalue weighted by molar-refractivity contribution is 0.415. The minimum atomic E-state index is 0.735. The summed E-state index contributed by atoms with van der Waals surface area (Å²) in [4.78, 5) is 12.4. The predicted octanol–water partition coefficient (Wildman–Crippen LogP) is 6.75. The molecule has 2 heterocycles. The Hall–Kier alpha value is -2.44. The van der Waals surface area contributed by atoms with E-state index in [1.807, 2.05) is 47.7 Å². The summed E-state index contributed by atoms with van der Waals surface area (Å²) in [7, 11) is 1.67. The molecule has 2 aromatic carbocycles. The van der Waals surface area contributed by atoms with Crippen LogP contribution in [0.5, 0.6) is 5.75 Å². The number of fused-ring (bicyclic) bond motifs is 3. The van der Waals surface area contributed by atoms with Gasteiger partial charge in [-0.25, -0.2) is 9.97 Å². The summed E-state index contributed by atoms with van der Waals surface area (Å²) in [6.45, 7) is 0. The fourth-order valence-electron chi connectivity index (χ4n) is 3.79. The summed E-state index contributed by atoms with van der Waals surface area (Å²) in [5.41, 5.74) is 3.43. The van der Waals surface area contributed by atoms with Crippen molar-refractivity contribution in [3.05, 3.63) is 63.4 Å². The van der Waals surface area contributed by atoms with Crippen LogP contribution in [0.25, 0.3) is 21.6 Å². The summed E-state index contributed by atoms with van der Waals surface area (Å²) in [6, 6.07) is 16.1. The van der Waals surface area contributed by atoms with Gasteiger partial charge in [-0.05, 0) is 79.8 Å². The van der Waals surface area contributed by atoms with E-state index in [4.69, 9.17) is 14.7 Å². The van der Waals surface area contributed by atoms with Crippen LogP contribution < -0.4 is 10.1 Å². The molecule has 0 unspecified atom stereocenters. The Morgan fingerprint density at radius 1 is 0.966 bits per heavy atom. The monoisotopic (exact) mass is 465 g/mol. The third-order valence-electron chi connectivity index (χ3n) is 5.27. The number of nitrogens with one attached hydrogen (secondary N) is 1. The molecule has 1 aliphatic rings. The SMILES string of the molecule is COc1ccc(-c2nc(Nc3ccc(Br)cc3)c3c4c(sc3n2)CCCC4)cc1. The Morgan fingerprint density at radius 3 is 2.48 bits per heavy atom. The smallest absolute Gasteiger partial charge is 0.163 e. The van der Waals surface area contributed by atoms with Gasteiger partial charge in [-0.1, -0.05) is 15.9 Å². The van der Waals surface area contributed by atoms with E-state index in [0.29, 0.717) is 0 Å². The van der Waals surface area contributed by atoms with Crippen molar-refractivity contribution >= 4 is 49.0 Å². The van der Waals surface area contributed by atoms with Gasteiger partial charge >= 0.3 is 0 Å². The lowest BCUT2D eigenvalue weighted by atomic mass is 9.97. The van der Waals surface area contributed by atoms with Crippen molar-refractivity contribution < 1.29 is 4.74 Å². The molecule has 5 rings (SSSR count). The number of thiophene rings is 1. The van der Waals surface area contributed by atoms with Crippen molar-refractivity contribution in [2.75, 3.05) is 12.4 Å². The molecule has 1 aliphatic carbocycles. The quantitative estimate of drug-likeness (QED) is 0.361. The Bertz CT molecular complexity index is 1170. The molecule has 2 aromatic heterocycles. The third-order valence-corrected chi connectivity index (χ3v) is 6.98. The van der Waals surface area contributed by atoms with Crippen LogP contribution in [0, 0.1) is 0 Å².